The van der Waals surface area contributed by atoms with Crippen molar-refractivity contribution in [2.45, 2.75) is 60.6 Å². The van der Waals surface area contributed by atoms with Crippen molar-refractivity contribution in [2.75, 3.05) is 13.7 Å². The number of pyridine rings is 1. The molecule has 0 radical (unpaired) electrons. The third-order valence-electron chi connectivity index (χ3n) is 5.82. The first-order valence-electron chi connectivity index (χ1n) is 11.0. The van der Waals surface area contributed by atoms with E-state index in [4.69, 9.17) is 14.5 Å². The maximum Gasteiger partial charge on any atom is 0.302 e. The molecule has 0 aliphatic heterocycles. The van der Waals surface area contributed by atoms with Gasteiger partial charge in [0.05, 0.1) is 24.1 Å². The molecule has 0 amide bonds. The zero-order chi connectivity index (χ0) is 23.6. The Bertz CT molecular complexity index is 1130. The Morgan fingerprint density at radius 2 is 2.00 bits per heavy atom. The largest absolute Gasteiger partial charge is 0.465 e. The van der Waals surface area contributed by atoms with Gasteiger partial charge in [-0.05, 0) is 62.6 Å². The molecule has 172 valence electrons. The number of aromatic nitrogens is 2. The molecule has 0 N–H and O–H groups in total. The summed E-state index contributed by atoms with van der Waals surface area (Å²) in [5.74, 6) is -0.254. The van der Waals surface area contributed by atoms with Crippen LogP contribution in [0.5, 0.6) is 0 Å². The van der Waals surface area contributed by atoms with E-state index in [1.165, 1.54) is 23.4 Å². The molecular weight excluding hydrogens is 468 g/mol. The van der Waals surface area contributed by atoms with Crippen LogP contribution in [-0.2, 0) is 27.2 Å². The highest BCUT2D eigenvalue weighted by atomic mass is 79.9. The van der Waals surface area contributed by atoms with Gasteiger partial charge in [-0.15, -0.1) is 0 Å². The fourth-order valence-corrected chi connectivity index (χ4v) is 4.60. The Hall–Kier alpha value is -2.18. The second kappa shape index (κ2) is 9.75. The standard InChI is InChI=1S/C26H33BrN2O3/c1-8-29-23-10-9-19(27)12-20(23)22(13-26(5,6)15-32-18(4)30)25(29)21-11-16(2)14-28-24(21)17(3)31-7/h9-12,14,17H,8,13,15H2,1-7H3. The number of hydrogen-bond donors (Lipinski definition) is 0. The van der Waals surface area contributed by atoms with Gasteiger partial charge in [0.15, 0.2) is 0 Å². The normalized spacial score (nSPS) is 12.9. The molecule has 0 fully saturated rings. The molecule has 0 saturated heterocycles. The van der Waals surface area contributed by atoms with Crippen molar-refractivity contribution < 1.29 is 14.3 Å². The van der Waals surface area contributed by atoms with Crippen molar-refractivity contribution in [3.63, 3.8) is 0 Å². The van der Waals surface area contributed by atoms with Crippen molar-refractivity contribution >= 4 is 32.8 Å². The smallest absolute Gasteiger partial charge is 0.302 e. The van der Waals surface area contributed by atoms with Crippen LogP contribution in [0.25, 0.3) is 22.2 Å². The Kier molecular flexibility index (Phi) is 7.46. The summed E-state index contributed by atoms with van der Waals surface area (Å²) in [6, 6.07) is 8.64. The highest BCUT2D eigenvalue weighted by Crippen LogP contribution is 2.41. The quantitative estimate of drug-likeness (QED) is 0.325. The van der Waals surface area contributed by atoms with Crippen LogP contribution < -0.4 is 0 Å². The molecule has 2 aromatic heterocycles. The lowest BCUT2D eigenvalue weighted by molar-refractivity contribution is -0.143. The Balaban J connectivity index is 2.32. The first-order chi connectivity index (χ1) is 15.1. The highest BCUT2D eigenvalue weighted by Gasteiger charge is 2.28. The highest BCUT2D eigenvalue weighted by molar-refractivity contribution is 9.10. The van der Waals surface area contributed by atoms with Gasteiger partial charge < -0.3 is 14.0 Å². The Labute approximate surface area is 199 Å². The zero-order valence-corrected chi connectivity index (χ0v) is 21.7. The molecule has 3 rings (SSSR count). The lowest BCUT2D eigenvalue weighted by Crippen LogP contribution is -2.24. The van der Waals surface area contributed by atoms with Gasteiger partial charge in [-0.1, -0.05) is 29.8 Å². The average molecular weight is 501 g/mol. The summed E-state index contributed by atoms with van der Waals surface area (Å²) >= 11 is 3.66. The van der Waals surface area contributed by atoms with Gasteiger partial charge in [0, 0.05) is 53.1 Å². The first-order valence-corrected chi connectivity index (χ1v) is 11.8. The SMILES string of the molecule is CCn1c(-c2cc(C)cnc2C(C)OC)c(CC(C)(C)COC(C)=O)c2cc(Br)ccc21. The van der Waals surface area contributed by atoms with Gasteiger partial charge in [0.1, 0.15) is 0 Å². The summed E-state index contributed by atoms with van der Waals surface area (Å²) in [4.78, 5) is 16.2. The number of fused-ring (bicyclic) bond motifs is 1. The summed E-state index contributed by atoms with van der Waals surface area (Å²) in [6.45, 7) is 13.2. The molecular formula is C26H33BrN2O3. The Morgan fingerprint density at radius 1 is 1.28 bits per heavy atom. The van der Waals surface area contributed by atoms with Crippen molar-refractivity contribution in [1.29, 1.82) is 0 Å². The topological polar surface area (TPSA) is 53.4 Å². The second-order valence-corrected chi connectivity index (χ2v) is 10.1. The van der Waals surface area contributed by atoms with Crippen LogP contribution in [0.2, 0.25) is 0 Å². The molecule has 1 aromatic carbocycles. The van der Waals surface area contributed by atoms with Crippen LogP contribution in [0.1, 0.15) is 57.5 Å². The number of halogens is 1. The molecule has 32 heavy (non-hydrogen) atoms. The lowest BCUT2D eigenvalue weighted by atomic mass is 9.84. The van der Waals surface area contributed by atoms with E-state index in [1.54, 1.807) is 7.11 Å². The molecule has 2 heterocycles. The van der Waals surface area contributed by atoms with Crippen LogP contribution in [0.15, 0.2) is 34.9 Å². The molecule has 0 spiro atoms. The summed E-state index contributed by atoms with van der Waals surface area (Å²) in [5, 5.41) is 1.20. The third-order valence-corrected chi connectivity index (χ3v) is 6.31. The van der Waals surface area contributed by atoms with Crippen molar-refractivity contribution in [3.05, 3.63) is 51.8 Å². The van der Waals surface area contributed by atoms with Crippen LogP contribution in [-0.4, -0.2) is 29.2 Å². The number of rotatable bonds is 8. The van der Waals surface area contributed by atoms with Gasteiger partial charge in [0.25, 0.3) is 0 Å². The molecule has 0 aliphatic carbocycles. The summed E-state index contributed by atoms with van der Waals surface area (Å²) < 4.78 is 14.5. The number of aryl methyl sites for hydroxylation is 2. The number of carbonyl (C=O) groups is 1. The van der Waals surface area contributed by atoms with E-state index in [0.717, 1.165) is 40.0 Å². The van der Waals surface area contributed by atoms with Gasteiger partial charge in [-0.2, -0.15) is 0 Å². The van der Waals surface area contributed by atoms with Crippen molar-refractivity contribution in [1.82, 2.24) is 9.55 Å². The number of nitrogens with zero attached hydrogens (tertiary/aromatic N) is 2. The minimum absolute atomic E-state index is 0.137. The molecule has 5 nitrogen and oxygen atoms in total. The summed E-state index contributed by atoms with van der Waals surface area (Å²) in [6.07, 6.45) is 2.51. The van der Waals surface area contributed by atoms with Gasteiger partial charge >= 0.3 is 5.97 Å². The maximum absolute atomic E-state index is 11.5. The molecule has 3 aromatic rings. The number of hydrogen-bond acceptors (Lipinski definition) is 4. The number of methoxy groups -OCH3 is 1. The molecule has 6 heteroatoms. The third kappa shape index (κ3) is 5.07. The average Bonchev–Trinajstić information content (AvgIpc) is 3.03. The molecule has 1 unspecified atom stereocenters. The second-order valence-electron chi connectivity index (χ2n) is 9.18. The van der Waals surface area contributed by atoms with Crippen LogP contribution in [0, 0.1) is 12.3 Å². The molecule has 0 aliphatic rings. The lowest BCUT2D eigenvalue weighted by Gasteiger charge is -2.25. The van der Waals surface area contributed by atoms with Crippen molar-refractivity contribution in [3.8, 4) is 11.3 Å². The van der Waals surface area contributed by atoms with E-state index < -0.39 is 0 Å². The Morgan fingerprint density at radius 3 is 2.62 bits per heavy atom. The van der Waals surface area contributed by atoms with Gasteiger partial charge in [-0.3, -0.25) is 9.78 Å². The number of benzene rings is 1. The predicted octanol–water partition coefficient (Wildman–Crippen LogP) is 6.63. The van der Waals surface area contributed by atoms with E-state index in [-0.39, 0.29) is 17.5 Å². The van der Waals surface area contributed by atoms with Crippen LogP contribution in [0.3, 0.4) is 0 Å². The molecule has 0 saturated carbocycles. The predicted molar refractivity (Wildman–Crippen MR) is 133 cm³/mol. The van der Waals surface area contributed by atoms with E-state index in [1.807, 2.05) is 13.1 Å². The molecule has 0 bridgehead atoms. The fourth-order valence-electron chi connectivity index (χ4n) is 4.24. The van der Waals surface area contributed by atoms with Gasteiger partial charge in [0.2, 0.25) is 0 Å². The minimum atomic E-state index is -0.254. The van der Waals surface area contributed by atoms with Crippen molar-refractivity contribution in [2.24, 2.45) is 5.41 Å². The maximum atomic E-state index is 11.5. The number of ether oxygens (including phenoxy) is 2. The van der Waals surface area contributed by atoms with Crippen LogP contribution in [0.4, 0.5) is 0 Å². The number of carbonyl (C=O) groups excluding carboxylic acids is 1. The first kappa shape index (κ1) is 24.5. The number of esters is 1. The van der Waals surface area contributed by atoms with E-state index >= 15 is 0 Å². The summed E-state index contributed by atoms with van der Waals surface area (Å²) in [7, 11) is 1.71. The zero-order valence-electron chi connectivity index (χ0n) is 20.1. The van der Waals surface area contributed by atoms with Crippen LogP contribution >= 0.6 is 15.9 Å². The van der Waals surface area contributed by atoms with E-state index in [2.05, 4.69) is 72.5 Å². The molecule has 1 atom stereocenters. The summed E-state index contributed by atoms with van der Waals surface area (Å²) in [5.41, 5.74) is 6.46. The van der Waals surface area contributed by atoms with E-state index in [0.29, 0.717) is 6.61 Å². The fraction of sp³-hybridized carbons (Fsp3) is 0.462. The minimum Gasteiger partial charge on any atom is -0.465 e. The van der Waals surface area contributed by atoms with Gasteiger partial charge in [-0.25, -0.2) is 0 Å². The van der Waals surface area contributed by atoms with E-state index in [9.17, 15) is 4.79 Å². The monoisotopic (exact) mass is 500 g/mol.